The fourth-order valence-electron chi connectivity index (χ4n) is 2.51. The van der Waals surface area contributed by atoms with E-state index in [1.807, 2.05) is 0 Å². The molecule has 2 rings (SSSR count). The number of halogens is 3. The molecule has 0 saturated carbocycles. The highest BCUT2D eigenvalue weighted by molar-refractivity contribution is 7.87. The van der Waals surface area contributed by atoms with Crippen LogP contribution in [0, 0.1) is 0 Å². The Labute approximate surface area is 166 Å². The van der Waals surface area contributed by atoms with Crippen LogP contribution in [0.5, 0.6) is 5.75 Å². The zero-order valence-electron chi connectivity index (χ0n) is 15.3. The molecule has 0 saturated heterocycles. The average Bonchev–Trinajstić information content (AvgIpc) is 2.58. The van der Waals surface area contributed by atoms with Gasteiger partial charge < -0.3 is 4.18 Å². The normalized spacial score (nSPS) is 12.3. The van der Waals surface area contributed by atoms with E-state index in [9.17, 15) is 34.8 Å². The van der Waals surface area contributed by atoms with Crippen LogP contribution in [0.3, 0.4) is 0 Å². The fraction of sp³-hybridized carbons (Fsp3) is 0.375. The van der Waals surface area contributed by atoms with Crippen LogP contribution < -0.4 is 9.74 Å². The molecule has 13 heteroatoms. The highest BCUT2D eigenvalue weighted by Gasteiger charge is 2.32. The molecule has 0 aliphatic carbocycles. The predicted molar refractivity (Wildman–Crippen MR) is 98.6 cm³/mol. The molecule has 0 amide bonds. The topological polar surface area (TPSA) is 112 Å². The second-order valence-electron chi connectivity index (χ2n) is 6.02. The second-order valence-corrected chi connectivity index (χ2v) is 8.69. The van der Waals surface area contributed by atoms with Crippen LogP contribution in [-0.4, -0.2) is 32.4 Å². The zero-order valence-corrected chi connectivity index (χ0v) is 17.0. The summed E-state index contributed by atoms with van der Waals surface area (Å²) in [4.78, 5) is 12.4. The third-order valence-corrected chi connectivity index (χ3v) is 5.71. The highest BCUT2D eigenvalue weighted by atomic mass is 32.2. The number of hydrogen-bond acceptors (Lipinski definition) is 7. The predicted octanol–water partition coefficient (Wildman–Crippen LogP) is 1.70. The summed E-state index contributed by atoms with van der Waals surface area (Å²) in [6, 6.07) is 2.27. The molecule has 160 valence electrons. The van der Waals surface area contributed by atoms with E-state index in [-0.39, 0.29) is 23.1 Å². The van der Waals surface area contributed by atoms with Crippen molar-refractivity contribution in [2.24, 2.45) is 7.05 Å². The van der Waals surface area contributed by atoms with Gasteiger partial charge in [-0.15, -0.1) is 0 Å². The van der Waals surface area contributed by atoms with Gasteiger partial charge in [0.05, 0.1) is 28.8 Å². The van der Waals surface area contributed by atoms with Gasteiger partial charge in [-0.25, -0.2) is 13.1 Å². The van der Waals surface area contributed by atoms with Gasteiger partial charge in [0, 0.05) is 7.05 Å². The van der Waals surface area contributed by atoms with Crippen LogP contribution in [-0.2, 0) is 39.8 Å². The summed E-state index contributed by atoms with van der Waals surface area (Å²) in [5.41, 5.74) is -2.65. The van der Waals surface area contributed by atoms with E-state index in [4.69, 9.17) is 4.18 Å². The largest absolute Gasteiger partial charge is 0.416 e. The van der Waals surface area contributed by atoms with Crippen LogP contribution in [0.15, 0.2) is 29.2 Å². The van der Waals surface area contributed by atoms with Crippen LogP contribution in [0.2, 0.25) is 0 Å². The first-order chi connectivity index (χ1) is 13.4. The van der Waals surface area contributed by atoms with Gasteiger partial charge in [-0.05, 0) is 29.7 Å². The molecular formula is C16H17F3N2O6S2. The van der Waals surface area contributed by atoms with Crippen molar-refractivity contribution >= 4 is 20.8 Å². The third kappa shape index (κ3) is 5.56. The Hall–Kier alpha value is -2.41. The lowest BCUT2D eigenvalue weighted by molar-refractivity contribution is -0.137. The first-order valence-corrected chi connectivity index (χ1v) is 11.1. The van der Waals surface area contributed by atoms with Crippen molar-refractivity contribution < 1.29 is 34.2 Å². The van der Waals surface area contributed by atoms with Crippen molar-refractivity contribution in [2.75, 3.05) is 5.75 Å². The molecule has 0 atom stereocenters. The molecule has 0 spiro atoms. The van der Waals surface area contributed by atoms with E-state index in [0.717, 1.165) is 16.9 Å². The Balaban J connectivity index is 2.77. The molecule has 0 radical (unpaired) electrons. The maximum absolute atomic E-state index is 13.0. The van der Waals surface area contributed by atoms with Gasteiger partial charge in [0.1, 0.15) is 10.7 Å². The van der Waals surface area contributed by atoms with Gasteiger partial charge in [0.2, 0.25) is 5.75 Å². The number of hydrogen-bond donors (Lipinski definition) is 1. The Bertz CT molecular complexity index is 1150. The quantitative estimate of drug-likeness (QED) is 0.501. The number of aromatic nitrogens is 2. The first-order valence-electron chi connectivity index (χ1n) is 8.16. The lowest BCUT2D eigenvalue weighted by atomic mass is 9.99. The van der Waals surface area contributed by atoms with Gasteiger partial charge in [0.15, 0.2) is 0 Å². The summed E-state index contributed by atoms with van der Waals surface area (Å²) >= 11 is 0. The van der Waals surface area contributed by atoms with Gasteiger partial charge in [0.25, 0.3) is 0 Å². The first kappa shape index (κ1) is 22.9. The van der Waals surface area contributed by atoms with Crippen molar-refractivity contribution in [2.45, 2.75) is 25.3 Å². The Morgan fingerprint density at radius 1 is 1.21 bits per heavy atom. The number of nitrogens with zero attached hydrogens (tertiary/aromatic N) is 2. The van der Waals surface area contributed by atoms with Crippen LogP contribution in [0.4, 0.5) is 13.2 Å². The van der Waals surface area contributed by atoms with Crippen molar-refractivity contribution in [1.82, 2.24) is 9.78 Å². The molecule has 0 aliphatic heterocycles. The van der Waals surface area contributed by atoms with E-state index in [0.29, 0.717) is 12.1 Å². The van der Waals surface area contributed by atoms with E-state index in [2.05, 4.69) is 5.10 Å². The van der Waals surface area contributed by atoms with Crippen LogP contribution in [0.1, 0.15) is 24.5 Å². The smallest absolute Gasteiger partial charge is 0.376 e. The molecule has 2 aromatic rings. The molecule has 0 unspecified atom stereocenters. The minimum Gasteiger partial charge on any atom is -0.376 e. The molecule has 1 aromatic carbocycles. The summed E-state index contributed by atoms with van der Waals surface area (Å²) in [6.07, 6.45) is -3.50. The molecule has 0 aliphatic rings. The summed E-state index contributed by atoms with van der Waals surface area (Å²) in [5, 5.41) is 3.74. The van der Waals surface area contributed by atoms with Crippen molar-refractivity contribution in [3.8, 4) is 16.9 Å². The van der Waals surface area contributed by atoms with E-state index in [1.165, 1.54) is 7.05 Å². The standard InChI is InChI=1S/C16H17F3N2O6S2/c1-3-6-29(25,26)27-14-13(8-20-21(2)15(14)22)12-5-4-11(16(17,18)19)7-10(12)9-28(23)24/h4-5,7-8,28H,3,6,9H2,1-2H3. The fourth-order valence-corrected chi connectivity index (χ4v) is 4.05. The van der Waals surface area contributed by atoms with Crippen molar-refractivity contribution in [3.05, 3.63) is 45.9 Å². The maximum atomic E-state index is 13.0. The van der Waals surface area contributed by atoms with Gasteiger partial charge in [-0.3, -0.25) is 4.79 Å². The van der Waals surface area contributed by atoms with E-state index >= 15 is 0 Å². The number of benzene rings is 1. The van der Waals surface area contributed by atoms with Crippen molar-refractivity contribution in [1.29, 1.82) is 0 Å². The lowest BCUT2D eigenvalue weighted by Gasteiger charge is -2.15. The van der Waals surface area contributed by atoms with Crippen LogP contribution in [0.25, 0.3) is 11.1 Å². The molecule has 0 N–H and O–H groups in total. The molecule has 1 heterocycles. The molecule has 0 fully saturated rings. The number of thiol groups is 1. The third-order valence-electron chi connectivity index (χ3n) is 3.78. The Morgan fingerprint density at radius 2 is 1.86 bits per heavy atom. The van der Waals surface area contributed by atoms with E-state index < -0.39 is 55.4 Å². The SMILES string of the molecule is CCCS(=O)(=O)Oc1c(-c2ccc(C(F)(F)F)cc2C[SH](=O)=O)cnn(C)c1=O. The highest BCUT2D eigenvalue weighted by Crippen LogP contribution is 2.36. The average molecular weight is 454 g/mol. The van der Waals surface area contributed by atoms with Gasteiger partial charge in [-0.2, -0.15) is 26.7 Å². The summed E-state index contributed by atoms with van der Waals surface area (Å²) in [5.74, 6) is -1.83. The van der Waals surface area contributed by atoms with Gasteiger partial charge in [-0.1, -0.05) is 13.0 Å². The molecule has 29 heavy (non-hydrogen) atoms. The summed E-state index contributed by atoms with van der Waals surface area (Å²) < 4.78 is 91.3. The summed E-state index contributed by atoms with van der Waals surface area (Å²) in [6.45, 7) is 1.57. The second kappa shape index (κ2) is 8.53. The number of rotatable bonds is 7. The van der Waals surface area contributed by atoms with Gasteiger partial charge >= 0.3 is 21.9 Å². The minimum atomic E-state index is -4.73. The summed E-state index contributed by atoms with van der Waals surface area (Å²) in [7, 11) is -6.05. The molecule has 8 nitrogen and oxygen atoms in total. The monoisotopic (exact) mass is 454 g/mol. The molecule has 0 bridgehead atoms. The Kier molecular flexibility index (Phi) is 6.73. The molecule has 1 aromatic heterocycles. The van der Waals surface area contributed by atoms with Crippen molar-refractivity contribution in [3.63, 3.8) is 0 Å². The maximum Gasteiger partial charge on any atom is 0.416 e. The lowest BCUT2D eigenvalue weighted by Crippen LogP contribution is -2.25. The zero-order chi connectivity index (χ0) is 22.0. The number of aryl methyl sites for hydroxylation is 1. The molecular weight excluding hydrogens is 437 g/mol. The Morgan fingerprint density at radius 3 is 2.41 bits per heavy atom. The van der Waals surface area contributed by atoms with E-state index in [1.54, 1.807) is 6.92 Å². The van der Waals surface area contributed by atoms with Crippen LogP contribution >= 0.6 is 0 Å². The minimum absolute atomic E-state index is 0.107. The number of alkyl halides is 3.